The summed E-state index contributed by atoms with van der Waals surface area (Å²) in [4.78, 5) is 12.4. The predicted octanol–water partition coefficient (Wildman–Crippen LogP) is 1.60. The highest BCUT2D eigenvalue weighted by Crippen LogP contribution is 2.28. The molecule has 1 aromatic heterocycles. The molecule has 0 radical (unpaired) electrons. The average molecular weight is 282 g/mol. The second kappa shape index (κ2) is 6.03. The van der Waals surface area contributed by atoms with Crippen molar-refractivity contribution < 1.29 is 4.39 Å². The minimum absolute atomic E-state index is 0.234. The summed E-state index contributed by atoms with van der Waals surface area (Å²) in [5, 5.41) is 9.97. The first kappa shape index (κ1) is 13.8. The van der Waals surface area contributed by atoms with E-state index >= 15 is 0 Å². The number of nitrogens with zero attached hydrogens (tertiary/aromatic N) is 2. The fraction of sp³-hybridized carbons (Fsp3) is 0.333. The molecule has 0 fully saturated rings. The Morgan fingerprint density at radius 1 is 1.53 bits per heavy atom. The lowest BCUT2D eigenvalue weighted by Gasteiger charge is -2.08. The van der Waals surface area contributed by atoms with Crippen LogP contribution in [-0.4, -0.2) is 21.8 Å². The summed E-state index contributed by atoms with van der Waals surface area (Å²) in [5.74, 6) is -0.274. The van der Waals surface area contributed by atoms with E-state index in [4.69, 9.17) is 0 Å². The summed E-state index contributed by atoms with van der Waals surface area (Å²) >= 11 is 1.35. The number of aromatic amines is 1. The van der Waals surface area contributed by atoms with E-state index in [2.05, 4.69) is 15.5 Å². The van der Waals surface area contributed by atoms with Crippen LogP contribution in [-0.2, 0) is 13.1 Å². The van der Waals surface area contributed by atoms with Crippen LogP contribution in [0.3, 0.4) is 0 Å². The van der Waals surface area contributed by atoms with Crippen LogP contribution in [0.2, 0.25) is 0 Å². The minimum Gasteiger partial charge on any atom is -0.316 e. The van der Waals surface area contributed by atoms with Crippen molar-refractivity contribution in [3.05, 3.63) is 40.1 Å². The number of benzene rings is 1. The van der Waals surface area contributed by atoms with Crippen molar-refractivity contribution in [1.82, 2.24) is 20.1 Å². The second-order valence-electron chi connectivity index (χ2n) is 3.94. The predicted molar refractivity (Wildman–Crippen MR) is 71.8 cm³/mol. The molecule has 0 spiro atoms. The number of H-pyrrole nitrogens is 1. The highest BCUT2D eigenvalue weighted by Gasteiger charge is 2.11. The molecule has 2 N–H and O–H groups in total. The molecular weight excluding hydrogens is 267 g/mol. The number of halogens is 1. The van der Waals surface area contributed by atoms with Gasteiger partial charge in [0, 0.05) is 18.0 Å². The van der Waals surface area contributed by atoms with Gasteiger partial charge in [0.15, 0.2) is 5.16 Å². The molecule has 0 bridgehead atoms. The van der Waals surface area contributed by atoms with Gasteiger partial charge in [-0.15, -0.1) is 5.10 Å². The Labute approximate surface area is 114 Å². The number of hydrogen-bond donors (Lipinski definition) is 2. The van der Waals surface area contributed by atoms with Gasteiger partial charge in [-0.2, -0.15) is 0 Å². The Bertz CT molecular complexity index is 622. The molecule has 0 saturated carbocycles. The molecule has 2 aromatic rings. The number of aromatic nitrogens is 3. The minimum atomic E-state index is -0.274. The summed E-state index contributed by atoms with van der Waals surface area (Å²) in [6, 6.07) is 4.59. The van der Waals surface area contributed by atoms with E-state index in [9.17, 15) is 9.18 Å². The monoisotopic (exact) mass is 282 g/mol. The standard InChI is InChI=1S/C12H15FN4OS/c1-3-17-11(18)15-16-12(17)19-10-5-4-9(13)6-8(10)7-14-2/h4-6,14H,3,7H2,1-2H3,(H,15,18). The SMILES string of the molecule is CCn1c(Sc2ccc(F)cc2CNC)n[nH]c1=O. The van der Waals surface area contributed by atoms with E-state index in [0.717, 1.165) is 10.5 Å². The summed E-state index contributed by atoms with van der Waals surface area (Å²) in [7, 11) is 1.80. The fourth-order valence-corrected chi connectivity index (χ4v) is 2.74. The Hall–Kier alpha value is -1.60. The first-order chi connectivity index (χ1) is 9.15. The van der Waals surface area contributed by atoms with Crippen LogP contribution in [0.1, 0.15) is 12.5 Å². The van der Waals surface area contributed by atoms with Gasteiger partial charge in [0.2, 0.25) is 0 Å². The molecule has 0 atom stereocenters. The van der Waals surface area contributed by atoms with Gasteiger partial charge in [-0.05, 0) is 49.5 Å². The summed E-state index contributed by atoms with van der Waals surface area (Å²) in [5.41, 5.74) is 0.605. The largest absolute Gasteiger partial charge is 0.343 e. The van der Waals surface area contributed by atoms with Crippen LogP contribution in [0.15, 0.2) is 33.0 Å². The van der Waals surface area contributed by atoms with Crippen molar-refractivity contribution in [3.8, 4) is 0 Å². The quantitative estimate of drug-likeness (QED) is 0.874. The van der Waals surface area contributed by atoms with Gasteiger partial charge >= 0.3 is 5.69 Å². The third kappa shape index (κ3) is 3.05. The van der Waals surface area contributed by atoms with Gasteiger partial charge in [0.05, 0.1) is 0 Å². The number of hydrogen-bond acceptors (Lipinski definition) is 4. The van der Waals surface area contributed by atoms with Gasteiger partial charge in [-0.3, -0.25) is 4.57 Å². The molecule has 0 saturated heterocycles. The van der Waals surface area contributed by atoms with Crippen LogP contribution >= 0.6 is 11.8 Å². The van der Waals surface area contributed by atoms with Crippen LogP contribution in [0.4, 0.5) is 4.39 Å². The Balaban J connectivity index is 2.34. The molecule has 0 amide bonds. The molecule has 7 heteroatoms. The lowest BCUT2D eigenvalue weighted by Crippen LogP contribution is -2.16. The topological polar surface area (TPSA) is 62.7 Å². The zero-order chi connectivity index (χ0) is 13.8. The van der Waals surface area contributed by atoms with Crippen LogP contribution in [0.5, 0.6) is 0 Å². The molecule has 0 aliphatic carbocycles. The third-order valence-corrected chi connectivity index (χ3v) is 3.74. The van der Waals surface area contributed by atoms with Crippen molar-refractivity contribution in [3.63, 3.8) is 0 Å². The summed E-state index contributed by atoms with van der Waals surface area (Å²) < 4.78 is 14.8. The first-order valence-corrected chi connectivity index (χ1v) is 6.73. The van der Waals surface area contributed by atoms with Crippen molar-refractivity contribution in [2.24, 2.45) is 0 Å². The highest BCUT2D eigenvalue weighted by molar-refractivity contribution is 7.99. The van der Waals surface area contributed by atoms with Crippen LogP contribution in [0, 0.1) is 5.82 Å². The van der Waals surface area contributed by atoms with Crippen molar-refractivity contribution in [1.29, 1.82) is 0 Å². The highest BCUT2D eigenvalue weighted by atomic mass is 32.2. The van der Waals surface area contributed by atoms with E-state index in [1.54, 1.807) is 13.1 Å². The van der Waals surface area contributed by atoms with E-state index in [1.165, 1.54) is 28.5 Å². The zero-order valence-electron chi connectivity index (χ0n) is 10.7. The summed E-state index contributed by atoms with van der Waals surface area (Å²) in [6.45, 7) is 2.97. The smallest absolute Gasteiger partial charge is 0.316 e. The van der Waals surface area contributed by atoms with Gasteiger partial charge in [0.25, 0.3) is 0 Å². The van der Waals surface area contributed by atoms with Gasteiger partial charge < -0.3 is 5.32 Å². The first-order valence-electron chi connectivity index (χ1n) is 5.91. The fourth-order valence-electron chi connectivity index (χ4n) is 1.73. The molecule has 0 unspecified atom stereocenters. The number of rotatable bonds is 5. The van der Waals surface area contributed by atoms with Gasteiger partial charge in [-0.25, -0.2) is 14.3 Å². The molecule has 19 heavy (non-hydrogen) atoms. The summed E-state index contributed by atoms with van der Waals surface area (Å²) in [6.07, 6.45) is 0. The molecule has 102 valence electrons. The van der Waals surface area contributed by atoms with Crippen molar-refractivity contribution in [2.45, 2.75) is 30.1 Å². The molecule has 1 aromatic carbocycles. The average Bonchev–Trinajstić information content (AvgIpc) is 2.73. The van der Waals surface area contributed by atoms with Gasteiger partial charge in [0.1, 0.15) is 5.82 Å². The molecule has 5 nitrogen and oxygen atoms in total. The second-order valence-corrected chi connectivity index (χ2v) is 4.95. The van der Waals surface area contributed by atoms with Crippen molar-refractivity contribution in [2.75, 3.05) is 7.05 Å². The Morgan fingerprint density at radius 3 is 3.00 bits per heavy atom. The van der Waals surface area contributed by atoms with E-state index in [-0.39, 0.29) is 11.5 Å². The van der Waals surface area contributed by atoms with E-state index < -0.39 is 0 Å². The van der Waals surface area contributed by atoms with Crippen molar-refractivity contribution >= 4 is 11.8 Å². The molecule has 0 aliphatic heterocycles. The van der Waals surface area contributed by atoms with Gasteiger partial charge in [-0.1, -0.05) is 0 Å². The third-order valence-electron chi connectivity index (χ3n) is 2.63. The molecule has 2 rings (SSSR count). The Kier molecular flexibility index (Phi) is 4.39. The number of nitrogens with one attached hydrogen (secondary N) is 2. The lowest BCUT2D eigenvalue weighted by molar-refractivity contribution is 0.621. The Morgan fingerprint density at radius 2 is 2.32 bits per heavy atom. The lowest BCUT2D eigenvalue weighted by atomic mass is 10.2. The van der Waals surface area contributed by atoms with Crippen LogP contribution in [0.25, 0.3) is 0 Å². The maximum atomic E-state index is 13.2. The van der Waals surface area contributed by atoms with E-state index in [1.807, 2.05) is 6.92 Å². The molecular formula is C12H15FN4OS. The van der Waals surface area contributed by atoms with Crippen LogP contribution < -0.4 is 11.0 Å². The maximum Gasteiger partial charge on any atom is 0.343 e. The normalized spacial score (nSPS) is 10.9. The van der Waals surface area contributed by atoms with E-state index in [0.29, 0.717) is 18.2 Å². The zero-order valence-corrected chi connectivity index (χ0v) is 11.6. The molecule has 1 heterocycles. The maximum absolute atomic E-state index is 13.2. The molecule has 0 aliphatic rings.